The van der Waals surface area contributed by atoms with Gasteiger partial charge in [-0.3, -0.25) is 0 Å². The molecule has 2 rings (SSSR count). The zero-order valence-corrected chi connectivity index (χ0v) is 13.1. The van der Waals surface area contributed by atoms with Crippen LogP contribution in [-0.2, 0) is 0 Å². The average Bonchev–Trinajstić information content (AvgIpc) is 2.87. The molecule has 0 saturated heterocycles. The van der Waals surface area contributed by atoms with E-state index in [0.29, 0.717) is 6.04 Å². The van der Waals surface area contributed by atoms with Crippen molar-refractivity contribution in [1.82, 2.24) is 5.32 Å². The van der Waals surface area contributed by atoms with Crippen molar-refractivity contribution in [3.05, 3.63) is 35.2 Å². The molecule has 2 heteroatoms. The van der Waals surface area contributed by atoms with E-state index in [2.05, 4.69) is 55.7 Å². The number of benzene rings is 1. The third kappa shape index (κ3) is 3.58. The fraction of sp³-hybridized carbons (Fsp3) is 0.529. The first-order valence-electron chi connectivity index (χ1n) is 7.45. The first kappa shape index (κ1) is 14.5. The number of hydrogen-bond acceptors (Lipinski definition) is 2. The van der Waals surface area contributed by atoms with Crippen LogP contribution in [0.25, 0.3) is 10.1 Å². The van der Waals surface area contributed by atoms with Crippen LogP contribution in [0.5, 0.6) is 0 Å². The van der Waals surface area contributed by atoms with Gasteiger partial charge in [0.25, 0.3) is 0 Å². The Hall–Kier alpha value is -0.860. The Kier molecular flexibility index (Phi) is 5.41. The molecule has 2 aromatic rings. The maximum absolute atomic E-state index is 3.74. The molecule has 0 amide bonds. The van der Waals surface area contributed by atoms with Gasteiger partial charge in [0.05, 0.1) is 0 Å². The Morgan fingerprint density at radius 2 is 2.00 bits per heavy atom. The van der Waals surface area contributed by atoms with E-state index < -0.39 is 0 Å². The minimum Gasteiger partial charge on any atom is -0.310 e. The quantitative estimate of drug-likeness (QED) is 0.715. The minimum atomic E-state index is 0.506. The van der Waals surface area contributed by atoms with Crippen LogP contribution < -0.4 is 5.32 Å². The molecule has 0 radical (unpaired) electrons. The Morgan fingerprint density at radius 3 is 2.74 bits per heavy atom. The van der Waals surface area contributed by atoms with Gasteiger partial charge in [-0.15, -0.1) is 11.3 Å². The van der Waals surface area contributed by atoms with Gasteiger partial charge in [-0.25, -0.2) is 0 Å². The first-order chi connectivity index (χ1) is 9.26. The zero-order valence-electron chi connectivity index (χ0n) is 12.3. The number of nitrogens with one attached hydrogen (secondary N) is 1. The number of fused-ring (bicyclic) bond motifs is 1. The summed E-state index contributed by atoms with van der Waals surface area (Å²) in [5.41, 5.74) is 1.49. The van der Waals surface area contributed by atoms with Gasteiger partial charge in [0.2, 0.25) is 0 Å². The molecule has 1 nitrogen and oxygen atoms in total. The number of thiophene rings is 1. The molecule has 19 heavy (non-hydrogen) atoms. The summed E-state index contributed by atoms with van der Waals surface area (Å²) in [6.07, 6.45) is 3.68. The van der Waals surface area contributed by atoms with Gasteiger partial charge in [0.1, 0.15) is 0 Å². The van der Waals surface area contributed by atoms with Crippen LogP contribution in [0.1, 0.15) is 51.6 Å². The van der Waals surface area contributed by atoms with Crippen molar-refractivity contribution in [2.45, 2.75) is 46.1 Å². The Bertz CT molecular complexity index is 503. The number of hydrogen-bond donors (Lipinski definition) is 1. The predicted molar refractivity (Wildman–Crippen MR) is 86.9 cm³/mol. The van der Waals surface area contributed by atoms with Gasteiger partial charge in [0.15, 0.2) is 0 Å². The Morgan fingerprint density at radius 1 is 1.21 bits per heavy atom. The monoisotopic (exact) mass is 275 g/mol. The highest BCUT2D eigenvalue weighted by Gasteiger charge is 2.17. The fourth-order valence-corrected chi connectivity index (χ4v) is 3.49. The van der Waals surface area contributed by atoms with E-state index in [1.807, 2.05) is 11.3 Å². The summed E-state index contributed by atoms with van der Waals surface area (Å²) in [7, 11) is 0. The molecule has 0 saturated carbocycles. The largest absolute Gasteiger partial charge is 0.310 e. The van der Waals surface area contributed by atoms with E-state index in [4.69, 9.17) is 0 Å². The predicted octanol–water partition coefficient (Wildman–Crippen LogP) is 5.38. The molecule has 1 aromatic carbocycles. The fourth-order valence-electron chi connectivity index (χ4n) is 2.48. The summed E-state index contributed by atoms with van der Waals surface area (Å²) in [5.74, 6) is 0.771. The molecular weight excluding hydrogens is 250 g/mol. The van der Waals surface area contributed by atoms with E-state index in [-0.39, 0.29) is 0 Å². The summed E-state index contributed by atoms with van der Waals surface area (Å²) < 4.78 is 1.41. The molecule has 1 heterocycles. The molecule has 0 bridgehead atoms. The molecular formula is C17H25NS. The molecule has 104 valence electrons. The summed E-state index contributed by atoms with van der Waals surface area (Å²) in [6, 6.07) is 9.28. The molecule has 0 aliphatic carbocycles. The summed E-state index contributed by atoms with van der Waals surface area (Å²) in [5, 5.41) is 7.52. The highest BCUT2D eigenvalue weighted by atomic mass is 32.1. The smallest absolute Gasteiger partial charge is 0.0346 e. The third-order valence-electron chi connectivity index (χ3n) is 3.86. The average molecular weight is 275 g/mol. The lowest BCUT2D eigenvalue weighted by atomic mass is 9.94. The molecule has 2 unspecified atom stereocenters. The van der Waals surface area contributed by atoms with Crippen molar-refractivity contribution in [2.75, 3.05) is 6.54 Å². The maximum atomic E-state index is 3.74. The van der Waals surface area contributed by atoms with Crippen molar-refractivity contribution in [2.24, 2.45) is 5.92 Å². The second-order valence-electron chi connectivity index (χ2n) is 5.44. The topological polar surface area (TPSA) is 12.0 Å². The standard InChI is InChI=1S/C17H25NS/c1-4-10-18-16(11-13(3)5-2)15-12-19-17-9-7-6-8-14(15)17/h6-9,12-13,16,18H,4-5,10-11H2,1-3H3. The van der Waals surface area contributed by atoms with E-state index >= 15 is 0 Å². The van der Waals surface area contributed by atoms with Crippen molar-refractivity contribution in [3.63, 3.8) is 0 Å². The van der Waals surface area contributed by atoms with Crippen molar-refractivity contribution in [1.29, 1.82) is 0 Å². The van der Waals surface area contributed by atoms with Crippen molar-refractivity contribution in [3.8, 4) is 0 Å². The second-order valence-corrected chi connectivity index (χ2v) is 6.35. The minimum absolute atomic E-state index is 0.506. The van der Waals surface area contributed by atoms with Gasteiger partial charge >= 0.3 is 0 Å². The van der Waals surface area contributed by atoms with Crippen LogP contribution in [0.3, 0.4) is 0 Å². The molecule has 2 atom stereocenters. The summed E-state index contributed by atoms with van der Waals surface area (Å²) >= 11 is 1.87. The lowest BCUT2D eigenvalue weighted by Crippen LogP contribution is -2.23. The van der Waals surface area contributed by atoms with Gasteiger partial charge in [0, 0.05) is 10.7 Å². The molecule has 0 aliphatic heterocycles. The first-order valence-corrected chi connectivity index (χ1v) is 8.33. The van der Waals surface area contributed by atoms with Gasteiger partial charge < -0.3 is 5.32 Å². The third-order valence-corrected chi connectivity index (χ3v) is 4.84. The zero-order chi connectivity index (χ0) is 13.7. The van der Waals surface area contributed by atoms with Gasteiger partial charge in [-0.2, -0.15) is 0 Å². The van der Waals surface area contributed by atoms with Crippen LogP contribution in [-0.4, -0.2) is 6.54 Å². The molecule has 1 aromatic heterocycles. The van der Waals surface area contributed by atoms with Crippen LogP contribution in [0.15, 0.2) is 29.6 Å². The summed E-state index contributed by atoms with van der Waals surface area (Å²) in [4.78, 5) is 0. The van der Waals surface area contributed by atoms with Crippen LogP contribution in [0.2, 0.25) is 0 Å². The second kappa shape index (κ2) is 7.06. The maximum Gasteiger partial charge on any atom is 0.0346 e. The normalized spacial score (nSPS) is 14.7. The van der Waals surface area contributed by atoms with Gasteiger partial charge in [-0.05, 0) is 47.7 Å². The van der Waals surface area contributed by atoms with E-state index in [1.165, 1.54) is 34.9 Å². The highest BCUT2D eigenvalue weighted by Crippen LogP contribution is 2.33. The molecule has 0 fully saturated rings. The van der Waals surface area contributed by atoms with Crippen molar-refractivity contribution < 1.29 is 0 Å². The lowest BCUT2D eigenvalue weighted by molar-refractivity contribution is 0.404. The SMILES string of the molecule is CCCNC(CC(C)CC)c1csc2ccccc12. The van der Waals surface area contributed by atoms with Crippen LogP contribution in [0.4, 0.5) is 0 Å². The van der Waals surface area contributed by atoms with Crippen LogP contribution >= 0.6 is 11.3 Å². The van der Waals surface area contributed by atoms with E-state index in [0.717, 1.165) is 12.5 Å². The molecule has 0 aliphatic rings. The highest BCUT2D eigenvalue weighted by molar-refractivity contribution is 7.17. The van der Waals surface area contributed by atoms with E-state index in [9.17, 15) is 0 Å². The Labute approximate surface area is 121 Å². The Balaban J connectivity index is 2.25. The molecule has 1 N–H and O–H groups in total. The van der Waals surface area contributed by atoms with Crippen molar-refractivity contribution >= 4 is 21.4 Å². The van der Waals surface area contributed by atoms with E-state index in [1.54, 1.807) is 0 Å². The van der Waals surface area contributed by atoms with Gasteiger partial charge in [-0.1, -0.05) is 45.4 Å². The summed E-state index contributed by atoms with van der Waals surface area (Å²) in [6.45, 7) is 7.98. The molecule has 0 spiro atoms. The van der Waals surface area contributed by atoms with Crippen LogP contribution in [0, 0.1) is 5.92 Å². The lowest BCUT2D eigenvalue weighted by Gasteiger charge is -2.21. The number of rotatable bonds is 7.